The van der Waals surface area contributed by atoms with Gasteiger partial charge >= 0.3 is 0 Å². The summed E-state index contributed by atoms with van der Waals surface area (Å²) in [4.78, 5) is 0. The predicted octanol–water partition coefficient (Wildman–Crippen LogP) is 12.1. The maximum atomic E-state index is 6.36. The van der Waals surface area contributed by atoms with E-state index in [-0.39, 0.29) is 7.43 Å². The number of furan rings is 1. The summed E-state index contributed by atoms with van der Waals surface area (Å²) in [6, 6.07) is 56.5. The third-order valence-corrected chi connectivity index (χ3v) is 9.31. The van der Waals surface area contributed by atoms with E-state index in [0.29, 0.717) is 0 Å². The summed E-state index contributed by atoms with van der Waals surface area (Å²) < 4.78 is 11.1. The second-order valence-electron chi connectivity index (χ2n) is 11.8. The zero-order valence-corrected chi connectivity index (χ0v) is 24.3. The Bertz CT molecular complexity index is 2710. The number of hydrogen-bond donors (Lipinski definition) is 0. The van der Waals surface area contributed by atoms with Crippen molar-refractivity contribution in [2.24, 2.45) is 0 Å². The minimum absolute atomic E-state index is 0. The van der Waals surface area contributed by atoms with Gasteiger partial charge < -0.3 is 13.6 Å². The van der Waals surface area contributed by atoms with Gasteiger partial charge in [-0.2, -0.15) is 0 Å². The normalized spacial score (nSPS) is 11.7. The molecule has 3 heteroatoms. The molecule has 0 aliphatic rings. The first-order valence-electron chi connectivity index (χ1n) is 15.4. The summed E-state index contributed by atoms with van der Waals surface area (Å²) in [6.45, 7) is 0. The molecular formula is C43H30N2O. The number of fused-ring (bicyclic) bond motifs is 9. The molecule has 7 aromatic carbocycles. The number of hydrogen-bond acceptors (Lipinski definition) is 1. The molecule has 0 unspecified atom stereocenters. The summed E-state index contributed by atoms with van der Waals surface area (Å²) in [6.07, 6.45) is 0. The minimum Gasteiger partial charge on any atom is -0.456 e. The Morgan fingerprint density at radius 2 is 0.783 bits per heavy atom. The Kier molecular flexibility index (Phi) is 5.72. The molecule has 0 radical (unpaired) electrons. The number of benzene rings is 7. The standard InChI is InChI=1S/C42H26N2O.CH4/c1-2-10-29(11-3-1)43-39-17-9-6-14-33(39)34-24-27(18-21-40(34)43)28-19-22-41-35(25-28)36-26-30(20-23-42(36)45-41)44-37-15-7-4-12-31(37)32-13-5-8-16-38(32)44;/h1-26H;1H4. The van der Waals surface area contributed by atoms with Gasteiger partial charge in [-0.15, -0.1) is 0 Å². The lowest BCUT2D eigenvalue weighted by atomic mass is 10.0. The van der Waals surface area contributed by atoms with Crippen LogP contribution in [0.3, 0.4) is 0 Å². The maximum Gasteiger partial charge on any atom is 0.135 e. The zero-order chi connectivity index (χ0) is 29.5. The van der Waals surface area contributed by atoms with Gasteiger partial charge in [-0.25, -0.2) is 0 Å². The number of para-hydroxylation sites is 4. The third kappa shape index (κ3) is 3.72. The van der Waals surface area contributed by atoms with E-state index in [0.717, 1.165) is 27.6 Å². The van der Waals surface area contributed by atoms with Crippen molar-refractivity contribution < 1.29 is 4.42 Å². The Morgan fingerprint density at radius 3 is 1.43 bits per heavy atom. The molecule has 3 heterocycles. The molecule has 3 aromatic heterocycles. The van der Waals surface area contributed by atoms with Gasteiger partial charge in [-0.1, -0.05) is 92.4 Å². The van der Waals surface area contributed by atoms with Crippen molar-refractivity contribution in [1.29, 1.82) is 0 Å². The number of aromatic nitrogens is 2. The summed E-state index contributed by atoms with van der Waals surface area (Å²) in [5, 5.41) is 7.26. The molecule has 0 fully saturated rings. The van der Waals surface area contributed by atoms with Gasteiger partial charge in [-0.05, 0) is 83.9 Å². The smallest absolute Gasteiger partial charge is 0.135 e. The zero-order valence-electron chi connectivity index (χ0n) is 24.3. The van der Waals surface area contributed by atoms with Gasteiger partial charge in [0.2, 0.25) is 0 Å². The van der Waals surface area contributed by atoms with Crippen LogP contribution in [0.4, 0.5) is 0 Å². The molecule has 0 bridgehead atoms. The number of rotatable bonds is 3. The summed E-state index contributed by atoms with van der Waals surface area (Å²) in [5.74, 6) is 0. The van der Waals surface area contributed by atoms with Crippen LogP contribution in [0, 0.1) is 0 Å². The molecule has 0 saturated heterocycles. The average molecular weight is 591 g/mol. The van der Waals surface area contributed by atoms with Gasteiger partial charge in [0, 0.05) is 43.7 Å². The van der Waals surface area contributed by atoms with Crippen molar-refractivity contribution in [2.45, 2.75) is 7.43 Å². The van der Waals surface area contributed by atoms with Crippen molar-refractivity contribution in [3.8, 4) is 22.5 Å². The van der Waals surface area contributed by atoms with E-state index >= 15 is 0 Å². The van der Waals surface area contributed by atoms with E-state index in [1.54, 1.807) is 0 Å². The van der Waals surface area contributed by atoms with Crippen molar-refractivity contribution in [2.75, 3.05) is 0 Å². The molecule has 0 spiro atoms. The Labute approximate surface area is 266 Å². The van der Waals surface area contributed by atoms with Gasteiger partial charge in [0.05, 0.1) is 22.1 Å². The van der Waals surface area contributed by atoms with Gasteiger partial charge in [0.1, 0.15) is 11.2 Å². The molecule has 0 aliphatic heterocycles. The van der Waals surface area contributed by atoms with Crippen molar-refractivity contribution in [3.63, 3.8) is 0 Å². The summed E-state index contributed by atoms with van der Waals surface area (Å²) in [5.41, 5.74) is 11.3. The second-order valence-corrected chi connectivity index (χ2v) is 11.8. The van der Waals surface area contributed by atoms with Gasteiger partial charge in [-0.3, -0.25) is 0 Å². The van der Waals surface area contributed by atoms with Crippen LogP contribution in [0.25, 0.3) is 88.1 Å². The lowest BCUT2D eigenvalue weighted by Crippen LogP contribution is -1.93. The van der Waals surface area contributed by atoms with E-state index in [1.165, 1.54) is 60.4 Å². The first kappa shape index (κ1) is 26.4. The topological polar surface area (TPSA) is 23.0 Å². The van der Waals surface area contributed by atoms with Crippen LogP contribution in [0.2, 0.25) is 0 Å². The van der Waals surface area contributed by atoms with E-state index in [9.17, 15) is 0 Å². The van der Waals surface area contributed by atoms with Crippen LogP contribution >= 0.6 is 0 Å². The molecule has 10 aromatic rings. The van der Waals surface area contributed by atoms with Gasteiger partial charge in [0.15, 0.2) is 0 Å². The fourth-order valence-corrected chi connectivity index (χ4v) is 7.29. The second kappa shape index (κ2) is 9.98. The molecule has 46 heavy (non-hydrogen) atoms. The highest BCUT2D eigenvalue weighted by molar-refractivity contribution is 6.12. The summed E-state index contributed by atoms with van der Waals surface area (Å²) in [7, 11) is 0. The van der Waals surface area contributed by atoms with Crippen LogP contribution < -0.4 is 0 Å². The predicted molar refractivity (Wildman–Crippen MR) is 195 cm³/mol. The first-order chi connectivity index (χ1) is 22.3. The molecule has 3 nitrogen and oxygen atoms in total. The number of nitrogens with zero attached hydrogens (tertiary/aromatic N) is 2. The Balaban J connectivity index is 0.00000292. The highest BCUT2D eigenvalue weighted by atomic mass is 16.3. The molecule has 218 valence electrons. The maximum absolute atomic E-state index is 6.36. The Hall–Kier alpha value is -6.06. The van der Waals surface area contributed by atoms with Crippen LogP contribution in [0.5, 0.6) is 0 Å². The van der Waals surface area contributed by atoms with Crippen molar-refractivity contribution >= 4 is 65.6 Å². The van der Waals surface area contributed by atoms with E-state index < -0.39 is 0 Å². The lowest BCUT2D eigenvalue weighted by Gasteiger charge is -2.08. The molecule has 0 atom stereocenters. The van der Waals surface area contributed by atoms with Gasteiger partial charge in [0.25, 0.3) is 0 Å². The van der Waals surface area contributed by atoms with E-state index in [1.807, 2.05) is 0 Å². The van der Waals surface area contributed by atoms with Crippen LogP contribution in [0.15, 0.2) is 162 Å². The minimum atomic E-state index is 0. The fourth-order valence-electron chi connectivity index (χ4n) is 7.29. The van der Waals surface area contributed by atoms with Crippen molar-refractivity contribution in [1.82, 2.24) is 9.13 Å². The molecule has 0 N–H and O–H groups in total. The van der Waals surface area contributed by atoms with Crippen LogP contribution in [-0.2, 0) is 0 Å². The van der Waals surface area contributed by atoms with Crippen LogP contribution in [0.1, 0.15) is 7.43 Å². The monoisotopic (exact) mass is 590 g/mol. The Morgan fingerprint density at radius 1 is 0.326 bits per heavy atom. The fraction of sp³-hybridized carbons (Fsp3) is 0.0233. The first-order valence-corrected chi connectivity index (χ1v) is 15.4. The highest BCUT2D eigenvalue weighted by Gasteiger charge is 2.16. The highest BCUT2D eigenvalue weighted by Crippen LogP contribution is 2.39. The summed E-state index contributed by atoms with van der Waals surface area (Å²) >= 11 is 0. The average Bonchev–Trinajstić information content (AvgIpc) is 3.75. The van der Waals surface area contributed by atoms with Crippen LogP contribution in [-0.4, -0.2) is 9.13 Å². The van der Waals surface area contributed by atoms with E-state index in [2.05, 4.69) is 167 Å². The quantitative estimate of drug-likeness (QED) is 0.201. The molecule has 0 amide bonds. The molecule has 0 aliphatic carbocycles. The SMILES string of the molecule is C.c1ccc(-n2c3ccccc3c3cc(-c4ccc5oc6ccc(-n7c8ccccc8c8ccccc87)cc6c5c4)ccc32)cc1. The molecule has 0 saturated carbocycles. The van der Waals surface area contributed by atoms with Crippen molar-refractivity contribution in [3.05, 3.63) is 158 Å². The lowest BCUT2D eigenvalue weighted by molar-refractivity contribution is 0.669. The third-order valence-electron chi connectivity index (χ3n) is 9.31. The largest absolute Gasteiger partial charge is 0.456 e. The molecule has 10 rings (SSSR count). The molecular weight excluding hydrogens is 560 g/mol. The van der Waals surface area contributed by atoms with E-state index in [4.69, 9.17) is 4.42 Å².